The Bertz CT molecular complexity index is 669. The molecule has 0 radical (unpaired) electrons. The van der Waals surface area contributed by atoms with E-state index < -0.39 is 17.5 Å². The van der Waals surface area contributed by atoms with Crippen molar-refractivity contribution >= 4 is 28.9 Å². The summed E-state index contributed by atoms with van der Waals surface area (Å²) in [6.45, 7) is 0. The van der Waals surface area contributed by atoms with Gasteiger partial charge in [0.05, 0.1) is 11.3 Å². The number of rotatable bonds is 2. The van der Waals surface area contributed by atoms with Crippen LogP contribution in [0.2, 0.25) is 5.02 Å². The number of anilines is 2. The van der Waals surface area contributed by atoms with Gasteiger partial charge >= 0.3 is 0 Å². The lowest BCUT2D eigenvalue weighted by Gasteiger charge is -2.10. The Hall–Kier alpha value is -2.34. The maximum atomic E-state index is 13.5. The van der Waals surface area contributed by atoms with Crippen LogP contribution in [0.1, 0.15) is 10.4 Å². The Morgan fingerprint density at radius 2 is 1.95 bits per heavy atom. The topological polar surface area (TPSA) is 75.3 Å². The molecule has 0 saturated carbocycles. The first-order valence-corrected chi connectivity index (χ1v) is 5.80. The summed E-state index contributed by atoms with van der Waals surface area (Å²) in [5.74, 6) is -3.02. The molecule has 0 saturated heterocycles. The molecule has 104 valence electrons. The first kappa shape index (κ1) is 14.1. The minimum atomic E-state index is -1.01. The van der Waals surface area contributed by atoms with Gasteiger partial charge in [0.25, 0.3) is 5.91 Å². The van der Waals surface area contributed by atoms with Crippen molar-refractivity contribution in [3.05, 3.63) is 52.6 Å². The molecule has 0 aliphatic heterocycles. The molecule has 1 amide bonds. The second kappa shape index (κ2) is 5.34. The van der Waals surface area contributed by atoms with Crippen LogP contribution in [0, 0.1) is 11.6 Å². The van der Waals surface area contributed by atoms with E-state index in [1.807, 2.05) is 0 Å². The number of carbonyl (C=O) groups is 1. The fraction of sp³-hybridized carbons (Fsp3) is 0. The van der Waals surface area contributed by atoms with Crippen molar-refractivity contribution in [3.8, 4) is 5.75 Å². The summed E-state index contributed by atoms with van der Waals surface area (Å²) in [7, 11) is 0. The van der Waals surface area contributed by atoms with Crippen molar-refractivity contribution in [1.82, 2.24) is 0 Å². The van der Waals surface area contributed by atoms with Gasteiger partial charge in [-0.25, -0.2) is 8.78 Å². The lowest BCUT2D eigenvalue weighted by molar-refractivity contribution is 0.102. The number of hydrogen-bond acceptors (Lipinski definition) is 3. The van der Waals surface area contributed by atoms with Gasteiger partial charge < -0.3 is 16.2 Å². The molecule has 0 unspecified atom stereocenters. The second-order valence-corrected chi connectivity index (χ2v) is 4.40. The van der Waals surface area contributed by atoms with Gasteiger partial charge in [0.1, 0.15) is 17.3 Å². The summed E-state index contributed by atoms with van der Waals surface area (Å²) in [6, 6.07) is 5.29. The minimum absolute atomic E-state index is 0.113. The Morgan fingerprint density at radius 3 is 2.55 bits per heavy atom. The molecule has 2 rings (SSSR count). The third-order valence-corrected chi connectivity index (χ3v) is 2.76. The summed E-state index contributed by atoms with van der Waals surface area (Å²) in [5, 5.41) is 12.0. The van der Waals surface area contributed by atoms with Gasteiger partial charge in [-0.15, -0.1) is 0 Å². The van der Waals surface area contributed by atoms with Crippen molar-refractivity contribution in [1.29, 1.82) is 0 Å². The highest BCUT2D eigenvalue weighted by atomic mass is 35.5. The fourth-order valence-electron chi connectivity index (χ4n) is 1.60. The van der Waals surface area contributed by atoms with E-state index in [1.165, 1.54) is 18.2 Å². The summed E-state index contributed by atoms with van der Waals surface area (Å²) in [6.07, 6.45) is 0. The van der Waals surface area contributed by atoms with Crippen molar-refractivity contribution in [3.63, 3.8) is 0 Å². The van der Waals surface area contributed by atoms with Crippen LogP contribution in [-0.4, -0.2) is 11.0 Å². The molecule has 0 heterocycles. The van der Waals surface area contributed by atoms with Crippen molar-refractivity contribution in [2.24, 2.45) is 0 Å². The van der Waals surface area contributed by atoms with E-state index in [0.29, 0.717) is 6.07 Å². The Labute approximate surface area is 117 Å². The van der Waals surface area contributed by atoms with Crippen molar-refractivity contribution < 1.29 is 18.7 Å². The molecule has 0 aliphatic rings. The minimum Gasteiger partial charge on any atom is -0.507 e. The van der Waals surface area contributed by atoms with E-state index in [-0.39, 0.29) is 27.7 Å². The highest BCUT2D eigenvalue weighted by Crippen LogP contribution is 2.27. The van der Waals surface area contributed by atoms with E-state index in [9.17, 15) is 18.7 Å². The number of amides is 1. The van der Waals surface area contributed by atoms with Crippen LogP contribution in [0.15, 0.2) is 30.3 Å². The van der Waals surface area contributed by atoms with Crippen molar-refractivity contribution in [2.45, 2.75) is 0 Å². The number of halogens is 3. The number of carbonyl (C=O) groups excluding carboxylic acids is 1. The largest absolute Gasteiger partial charge is 0.507 e. The summed E-state index contributed by atoms with van der Waals surface area (Å²) in [5.41, 5.74) is 4.70. The number of benzene rings is 2. The first-order valence-electron chi connectivity index (χ1n) is 5.43. The predicted molar refractivity (Wildman–Crippen MR) is 71.8 cm³/mol. The monoisotopic (exact) mass is 298 g/mol. The molecule has 0 aliphatic carbocycles. The molecule has 0 atom stereocenters. The SMILES string of the molecule is Nc1cc(F)cc(F)c1NC(=O)c1ccc(Cl)cc1O. The number of phenolic OH excluding ortho intramolecular Hbond substituents is 1. The van der Waals surface area contributed by atoms with Gasteiger partial charge in [-0.3, -0.25) is 4.79 Å². The van der Waals surface area contributed by atoms with E-state index in [0.717, 1.165) is 6.07 Å². The van der Waals surface area contributed by atoms with Crippen molar-refractivity contribution in [2.75, 3.05) is 11.1 Å². The normalized spacial score (nSPS) is 10.3. The molecule has 4 N–H and O–H groups in total. The molecule has 2 aromatic rings. The molecule has 4 nitrogen and oxygen atoms in total. The van der Waals surface area contributed by atoms with Gasteiger partial charge in [-0.1, -0.05) is 11.6 Å². The average Bonchev–Trinajstić information content (AvgIpc) is 2.33. The van der Waals surface area contributed by atoms with Gasteiger partial charge in [0, 0.05) is 11.1 Å². The van der Waals surface area contributed by atoms with Gasteiger partial charge in [-0.05, 0) is 24.3 Å². The summed E-state index contributed by atoms with van der Waals surface area (Å²) < 4.78 is 26.4. The van der Waals surface area contributed by atoms with E-state index in [2.05, 4.69) is 5.32 Å². The zero-order chi connectivity index (χ0) is 14.9. The number of nitrogen functional groups attached to an aromatic ring is 1. The zero-order valence-electron chi connectivity index (χ0n) is 9.95. The molecular formula is C13H9ClF2N2O2. The van der Waals surface area contributed by atoms with E-state index >= 15 is 0 Å². The lowest BCUT2D eigenvalue weighted by atomic mass is 10.1. The molecule has 2 aromatic carbocycles. The number of aromatic hydroxyl groups is 1. The van der Waals surface area contributed by atoms with Crippen LogP contribution in [0.3, 0.4) is 0 Å². The number of nitrogens with one attached hydrogen (secondary N) is 1. The first-order chi connectivity index (χ1) is 9.38. The maximum Gasteiger partial charge on any atom is 0.259 e. The zero-order valence-corrected chi connectivity index (χ0v) is 10.7. The van der Waals surface area contributed by atoms with E-state index in [4.69, 9.17) is 17.3 Å². The molecule has 7 heteroatoms. The predicted octanol–water partition coefficient (Wildman–Crippen LogP) is 3.16. The maximum absolute atomic E-state index is 13.5. The van der Waals surface area contributed by atoms with Crippen LogP contribution >= 0.6 is 11.6 Å². The Morgan fingerprint density at radius 1 is 1.25 bits per heavy atom. The number of hydrogen-bond donors (Lipinski definition) is 3. The molecule has 20 heavy (non-hydrogen) atoms. The van der Waals surface area contributed by atoms with E-state index in [1.54, 1.807) is 0 Å². The average molecular weight is 299 g/mol. The van der Waals surface area contributed by atoms with Crippen LogP contribution in [0.5, 0.6) is 5.75 Å². The molecule has 0 spiro atoms. The number of phenols is 1. The van der Waals surface area contributed by atoms with Crippen LogP contribution in [0.4, 0.5) is 20.2 Å². The van der Waals surface area contributed by atoms with Crippen LogP contribution in [-0.2, 0) is 0 Å². The molecule has 0 fully saturated rings. The third-order valence-electron chi connectivity index (χ3n) is 2.53. The van der Waals surface area contributed by atoms with Gasteiger partial charge in [-0.2, -0.15) is 0 Å². The fourth-order valence-corrected chi connectivity index (χ4v) is 1.77. The second-order valence-electron chi connectivity index (χ2n) is 3.97. The standard InChI is InChI=1S/C13H9ClF2N2O2/c14-6-1-2-8(11(19)3-6)13(20)18-12-9(16)4-7(15)5-10(12)17/h1-5,19H,17H2,(H,18,20). The lowest BCUT2D eigenvalue weighted by Crippen LogP contribution is -2.15. The van der Waals surface area contributed by atoms with Gasteiger partial charge in [0.2, 0.25) is 0 Å². The summed E-state index contributed by atoms with van der Waals surface area (Å²) >= 11 is 5.64. The Balaban J connectivity index is 2.33. The van der Waals surface area contributed by atoms with Crippen LogP contribution in [0.25, 0.3) is 0 Å². The number of nitrogens with two attached hydrogens (primary N) is 1. The molecule has 0 bridgehead atoms. The smallest absolute Gasteiger partial charge is 0.259 e. The quantitative estimate of drug-likeness (QED) is 0.745. The molecular weight excluding hydrogens is 290 g/mol. The summed E-state index contributed by atoms with van der Waals surface area (Å²) in [4.78, 5) is 11.9. The third kappa shape index (κ3) is 2.80. The molecule has 0 aromatic heterocycles. The highest BCUT2D eigenvalue weighted by Gasteiger charge is 2.16. The Kier molecular flexibility index (Phi) is 3.76. The van der Waals surface area contributed by atoms with Gasteiger partial charge in [0.15, 0.2) is 5.82 Å². The van der Waals surface area contributed by atoms with Crippen LogP contribution < -0.4 is 11.1 Å². The highest BCUT2D eigenvalue weighted by molar-refractivity contribution is 6.31.